The van der Waals surface area contributed by atoms with Crippen LogP contribution in [0.5, 0.6) is 0 Å². The van der Waals surface area contributed by atoms with Gasteiger partial charge in [-0.1, -0.05) is 12.1 Å². The Kier molecular flexibility index (Phi) is 4.00. The molecule has 18 heavy (non-hydrogen) atoms. The van der Waals surface area contributed by atoms with Crippen LogP contribution in [0, 0.1) is 5.92 Å². The van der Waals surface area contributed by atoms with Crippen molar-refractivity contribution in [2.45, 2.75) is 19.0 Å². The van der Waals surface area contributed by atoms with Crippen molar-refractivity contribution in [1.29, 1.82) is 0 Å². The summed E-state index contributed by atoms with van der Waals surface area (Å²) in [5.74, 6) is 2.07. The summed E-state index contributed by atoms with van der Waals surface area (Å²) in [5, 5.41) is 0. The molecule has 1 aromatic carbocycles. The topological polar surface area (TPSA) is 17.1 Å². The second kappa shape index (κ2) is 5.34. The SMILES string of the molecule is O=C(Cc1ccc(C(F)(F)F)cc1)C1CCSC1. The Morgan fingerprint density at radius 2 is 1.94 bits per heavy atom. The molecule has 0 bridgehead atoms. The summed E-state index contributed by atoms with van der Waals surface area (Å²) in [6.07, 6.45) is -3.18. The average Bonchev–Trinajstić information content (AvgIpc) is 2.82. The van der Waals surface area contributed by atoms with Gasteiger partial charge in [0.15, 0.2) is 0 Å². The molecule has 1 atom stereocenters. The number of thioether (sulfide) groups is 1. The van der Waals surface area contributed by atoms with Crippen LogP contribution in [0.1, 0.15) is 17.5 Å². The summed E-state index contributed by atoms with van der Waals surface area (Å²) in [7, 11) is 0. The van der Waals surface area contributed by atoms with Crippen molar-refractivity contribution in [3.05, 3.63) is 35.4 Å². The van der Waals surface area contributed by atoms with Crippen LogP contribution in [0.4, 0.5) is 13.2 Å². The second-order valence-electron chi connectivity index (χ2n) is 4.40. The molecule has 1 aliphatic heterocycles. The minimum absolute atomic E-state index is 0.0808. The number of alkyl halides is 3. The van der Waals surface area contributed by atoms with Gasteiger partial charge in [-0.05, 0) is 29.9 Å². The van der Waals surface area contributed by atoms with E-state index in [1.807, 2.05) is 0 Å². The molecule has 1 fully saturated rings. The van der Waals surface area contributed by atoms with E-state index < -0.39 is 11.7 Å². The molecule has 5 heteroatoms. The third-order valence-electron chi connectivity index (χ3n) is 3.04. The maximum absolute atomic E-state index is 12.4. The van der Waals surface area contributed by atoms with E-state index in [4.69, 9.17) is 0 Å². The lowest BCUT2D eigenvalue weighted by Crippen LogP contribution is -2.16. The van der Waals surface area contributed by atoms with Crippen LogP contribution in [0.2, 0.25) is 0 Å². The first-order chi connectivity index (χ1) is 8.47. The van der Waals surface area contributed by atoms with E-state index in [1.54, 1.807) is 11.8 Å². The largest absolute Gasteiger partial charge is 0.416 e. The van der Waals surface area contributed by atoms with Crippen molar-refractivity contribution in [2.75, 3.05) is 11.5 Å². The molecule has 98 valence electrons. The summed E-state index contributed by atoms with van der Waals surface area (Å²) in [5.41, 5.74) is -0.0139. The quantitative estimate of drug-likeness (QED) is 0.838. The Hall–Kier alpha value is -0.970. The number of halogens is 3. The lowest BCUT2D eigenvalue weighted by molar-refractivity contribution is -0.137. The van der Waals surface area contributed by atoms with Crippen LogP contribution in [-0.4, -0.2) is 17.3 Å². The predicted octanol–water partition coefficient (Wildman–Crippen LogP) is 3.57. The first-order valence-electron chi connectivity index (χ1n) is 5.73. The van der Waals surface area contributed by atoms with Crippen molar-refractivity contribution in [3.63, 3.8) is 0 Å². The molecule has 1 unspecified atom stereocenters. The molecule has 1 nitrogen and oxygen atoms in total. The fraction of sp³-hybridized carbons (Fsp3) is 0.462. The Morgan fingerprint density at radius 1 is 1.28 bits per heavy atom. The lowest BCUT2D eigenvalue weighted by Gasteiger charge is -2.09. The van der Waals surface area contributed by atoms with Crippen molar-refractivity contribution in [2.24, 2.45) is 5.92 Å². The Labute approximate surface area is 108 Å². The zero-order valence-electron chi connectivity index (χ0n) is 9.67. The van der Waals surface area contributed by atoms with Gasteiger partial charge in [-0.2, -0.15) is 24.9 Å². The van der Waals surface area contributed by atoms with Gasteiger partial charge in [-0.3, -0.25) is 4.79 Å². The number of Topliss-reactive ketones (excluding diaryl/α,β-unsaturated/α-hetero) is 1. The number of carbonyl (C=O) groups is 1. The molecule has 0 N–H and O–H groups in total. The summed E-state index contributed by atoms with van der Waals surface area (Å²) in [4.78, 5) is 11.9. The number of carbonyl (C=O) groups excluding carboxylic acids is 1. The first-order valence-corrected chi connectivity index (χ1v) is 6.89. The van der Waals surface area contributed by atoms with Crippen LogP contribution in [0.15, 0.2) is 24.3 Å². The van der Waals surface area contributed by atoms with Crippen LogP contribution >= 0.6 is 11.8 Å². The highest BCUT2D eigenvalue weighted by Gasteiger charge is 2.30. The van der Waals surface area contributed by atoms with Crippen molar-refractivity contribution < 1.29 is 18.0 Å². The van der Waals surface area contributed by atoms with Gasteiger partial charge < -0.3 is 0 Å². The van der Waals surface area contributed by atoms with Gasteiger partial charge >= 0.3 is 6.18 Å². The number of rotatable bonds is 3. The zero-order valence-corrected chi connectivity index (χ0v) is 10.5. The van der Waals surface area contributed by atoms with Gasteiger partial charge in [0.2, 0.25) is 0 Å². The molecule has 1 aliphatic rings. The zero-order chi connectivity index (χ0) is 13.2. The van der Waals surface area contributed by atoms with Crippen molar-refractivity contribution >= 4 is 17.5 Å². The van der Waals surface area contributed by atoms with E-state index in [2.05, 4.69) is 0 Å². The maximum atomic E-state index is 12.4. The summed E-state index contributed by atoms with van der Waals surface area (Å²) >= 11 is 1.76. The molecular formula is C13H13F3OS. The van der Waals surface area contributed by atoms with E-state index in [0.717, 1.165) is 30.1 Å². The van der Waals surface area contributed by atoms with Gasteiger partial charge in [-0.25, -0.2) is 0 Å². The van der Waals surface area contributed by atoms with Gasteiger partial charge in [0.05, 0.1) is 5.56 Å². The van der Waals surface area contributed by atoms with Crippen molar-refractivity contribution in [3.8, 4) is 0 Å². The van der Waals surface area contributed by atoms with E-state index in [0.29, 0.717) is 5.56 Å². The van der Waals surface area contributed by atoms with E-state index in [9.17, 15) is 18.0 Å². The molecule has 0 aromatic heterocycles. The highest BCUT2D eigenvalue weighted by atomic mass is 32.2. The Bertz CT molecular complexity index is 419. The van der Waals surface area contributed by atoms with Crippen molar-refractivity contribution in [1.82, 2.24) is 0 Å². The fourth-order valence-corrected chi connectivity index (χ4v) is 3.20. The monoisotopic (exact) mass is 274 g/mol. The van der Waals surface area contributed by atoms with Gasteiger partial charge in [-0.15, -0.1) is 0 Å². The second-order valence-corrected chi connectivity index (χ2v) is 5.55. The average molecular weight is 274 g/mol. The minimum Gasteiger partial charge on any atom is -0.299 e. The first kappa shape index (κ1) is 13.5. The van der Waals surface area contributed by atoms with Gasteiger partial charge in [0.1, 0.15) is 5.78 Å². The lowest BCUT2D eigenvalue weighted by atomic mass is 9.97. The molecule has 0 aliphatic carbocycles. The van der Waals surface area contributed by atoms with Crippen LogP contribution in [0.25, 0.3) is 0 Å². The van der Waals surface area contributed by atoms with E-state index in [1.165, 1.54) is 12.1 Å². The minimum atomic E-state index is -4.31. The smallest absolute Gasteiger partial charge is 0.299 e. The third-order valence-corrected chi connectivity index (χ3v) is 4.21. The molecule has 1 heterocycles. The number of hydrogen-bond acceptors (Lipinski definition) is 2. The highest BCUT2D eigenvalue weighted by molar-refractivity contribution is 7.99. The summed E-state index contributed by atoms with van der Waals surface area (Å²) in [6.45, 7) is 0. The highest BCUT2D eigenvalue weighted by Crippen LogP contribution is 2.29. The molecule has 2 rings (SSSR count). The predicted molar refractivity (Wildman–Crippen MR) is 65.6 cm³/mol. The van der Waals surface area contributed by atoms with Crippen LogP contribution in [0.3, 0.4) is 0 Å². The molecule has 0 radical (unpaired) electrons. The van der Waals surface area contributed by atoms with E-state index in [-0.39, 0.29) is 18.1 Å². The van der Waals surface area contributed by atoms with Crippen LogP contribution < -0.4 is 0 Å². The Balaban J connectivity index is 2.00. The fourth-order valence-electron chi connectivity index (χ4n) is 1.95. The number of hydrogen-bond donors (Lipinski definition) is 0. The third kappa shape index (κ3) is 3.28. The van der Waals surface area contributed by atoms with E-state index >= 15 is 0 Å². The number of benzene rings is 1. The molecule has 0 spiro atoms. The standard InChI is InChI=1S/C13H13F3OS/c14-13(15,16)11-3-1-9(2-4-11)7-12(17)10-5-6-18-8-10/h1-4,10H,5-8H2. The summed E-state index contributed by atoms with van der Waals surface area (Å²) < 4.78 is 37.1. The molecule has 0 saturated carbocycles. The summed E-state index contributed by atoms with van der Waals surface area (Å²) in [6, 6.07) is 4.85. The Morgan fingerprint density at radius 3 is 2.44 bits per heavy atom. The van der Waals surface area contributed by atoms with Gasteiger partial charge in [0.25, 0.3) is 0 Å². The number of ketones is 1. The van der Waals surface area contributed by atoms with Gasteiger partial charge in [0, 0.05) is 18.1 Å². The molecule has 1 saturated heterocycles. The maximum Gasteiger partial charge on any atom is 0.416 e. The van der Waals surface area contributed by atoms with Crippen LogP contribution in [-0.2, 0) is 17.4 Å². The normalized spacial score (nSPS) is 20.1. The molecule has 0 amide bonds. The molecular weight excluding hydrogens is 261 g/mol. The molecule has 1 aromatic rings.